The van der Waals surface area contributed by atoms with Crippen LogP contribution in [0.4, 0.5) is 0 Å². The third-order valence-electron chi connectivity index (χ3n) is 3.83. The van der Waals surface area contributed by atoms with E-state index in [0.29, 0.717) is 5.57 Å². The second-order valence-corrected chi connectivity index (χ2v) is 6.83. The minimum atomic E-state index is -1.06. The molecule has 136 valence electrons. The normalized spacial score (nSPS) is 24.0. The molecule has 1 N–H and O–H groups in total. The number of nitrogens with zero attached hydrogens (tertiary/aromatic N) is 2. The molecule has 3 atom stereocenters. The molecule has 2 heterocycles. The van der Waals surface area contributed by atoms with Crippen molar-refractivity contribution in [2.24, 2.45) is 0 Å². The van der Waals surface area contributed by atoms with Crippen LogP contribution in [0.2, 0.25) is 0 Å². The lowest BCUT2D eigenvalue weighted by atomic mass is 9.99. The van der Waals surface area contributed by atoms with Crippen molar-refractivity contribution in [3.63, 3.8) is 0 Å². The molecule has 0 radical (unpaired) electrons. The van der Waals surface area contributed by atoms with Gasteiger partial charge in [0.2, 0.25) is 23.6 Å². The van der Waals surface area contributed by atoms with Gasteiger partial charge in [-0.15, -0.1) is 0 Å². The van der Waals surface area contributed by atoms with Gasteiger partial charge in [-0.2, -0.15) is 0 Å². The summed E-state index contributed by atoms with van der Waals surface area (Å²) in [4.78, 5) is 60.8. The van der Waals surface area contributed by atoms with E-state index >= 15 is 0 Å². The summed E-state index contributed by atoms with van der Waals surface area (Å²) in [5, 5.41) is 1.68. The summed E-state index contributed by atoms with van der Waals surface area (Å²) in [6.45, 7) is 6.52. The Morgan fingerprint density at radius 3 is 2.24 bits per heavy atom. The summed E-state index contributed by atoms with van der Waals surface area (Å²) in [6.07, 6.45) is 0.191. The van der Waals surface area contributed by atoms with Crippen molar-refractivity contribution in [3.8, 4) is 0 Å². The molecule has 2 fully saturated rings. The number of methoxy groups -OCH3 is 1. The van der Waals surface area contributed by atoms with Gasteiger partial charge >= 0.3 is 5.97 Å². The van der Waals surface area contributed by atoms with Gasteiger partial charge in [-0.1, -0.05) is 6.58 Å². The van der Waals surface area contributed by atoms with E-state index in [1.165, 1.54) is 18.9 Å². The topological polar surface area (TPSA) is 113 Å². The van der Waals surface area contributed by atoms with Gasteiger partial charge in [-0.05, 0) is 24.4 Å². The number of β-lactam (4-membered cyclic amide) rings is 1. The number of carbonyl (C=O) groups is 5. The molecule has 9 nitrogen and oxygen atoms in total. The number of carbonyl (C=O) groups excluding carboxylic acids is 5. The molecule has 2 saturated heterocycles. The summed E-state index contributed by atoms with van der Waals surface area (Å²) in [5.41, 5.74) is 0.367. The van der Waals surface area contributed by atoms with Gasteiger partial charge in [0, 0.05) is 19.8 Å². The van der Waals surface area contributed by atoms with Gasteiger partial charge in [0.25, 0.3) is 0 Å². The Hall–Kier alpha value is -2.36. The predicted molar refractivity (Wildman–Crippen MR) is 87.5 cm³/mol. The average molecular weight is 369 g/mol. The van der Waals surface area contributed by atoms with Crippen LogP contribution in [0.5, 0.6) is 0 Å². The quantitative estimate of drug-likeness (QED) is 0.222. The van der Waals surface area contributed by atoms with Crippen molar-refractivity contribution in [1.82, 2.24) is 14.5 Å². The third-order valence-corrected chi connectivity index (χ3v) is 5.16. The lowest BCUT2D eigenvalue weighted by molar-refractivity contribution is -0.161. The molecule has 3 unspecified atom stereocenters. The molecule has 0 saturated carbocycles. The minimum Gasteiger partial charge on any atom is -0.467 e. The first-order valence-electron chi connectivity index (χ1n) is 7.54. The third kappa shape index (κ3) is 3.53. The Balaban J connectivity index is 2.30. The zero-order chi connectivity index (χ0) is 18.9. The van der Waals surface area contributed by atoms with Gasteiger partial charge < -0.3 is 15.0 Å². The predicted octanol–water partition coefficient (Wildman–Crippen LogP) is -0.426. The van der Waals surface area contributed by atoms with Crippen molar-refractivity contribution >= 4 is 41.5 Å². The molecule has 0 bridgehead atoms. The van der Waals surface area contributed by atoms with Gasteiger partial charge in [-0.25, -0.2) is 9.10 Å². The molecule has 2 aliphatic rings. The zero-order valence-corrected chi connectivity index (χ0v) is 14.9. The maximum Gasteiger partial charge on any atom is 0.332 e. The van der Waals surface area contributed by atoms with Crippen molar-refractivity contribution in [2.75, 3.05) is 7.11 Å². The molecule has 2 rings (SSSR count). The highest BCUT2D eigenvalue weighted by Gasteiger charge is 2.55. The summed E-state index contributed by atoms with van der Waals surface area (Å²) in [7, 11) is 1.18. The van der Waals surface area contributed by atoms with Gasteiger partial charge in [0.05, 0.1) is 7.11 Å². The Labute approximate surface area is 148 Å². The molecule has 0 aromatic carbocycles. The number of nitrogens with one attached hydrogen (secondary N) is 1. The largest absolute Gasteiger partial charge is 0.467 e. The molecular formula is C15H19N3O6S. The van der Waals surface area contributed by atoms with Crippen LogP contribution in [-0.2, 0) is 28.7 Å². The zero-order valence-electron chi connectivity index (χ0n) is 14.1. The van der Waals surface area contributed by atoms with E-state index in [1.807, 2.05) is 0 Å². The number of hydrogen-bond donors (Lipinski definition) is 1. The molecule has 25 heavy (non-hydrogen) atoms. The Bertz CT molecular complexity index is 648. The van der Waals surface area contributed by atoms with Crippen LogP contribution in [0.1, 0.15) is 26.7 Å². The fourth-order valence-corrected chi connectivity index (χ4v) is 3.94. The summed E-state index contributed by atoms with van der Waals surface area (Å²) in [6, 6.07) is -2.01. The number of imide groups is 1. The standard InChI is InChI=1S/C15H19N3O6S/c1-7(2)12(15(23)24-4)17-13(22)11(16-8(3)19)14(17)25-18-9(20)5-6-10(18)21/h11-12,14H,1,5-6H2,2-4H3,(H,16,19). The highest BCUT2D eigenvalue weighted by Crippen LogP contribution is 2.38. The van der Waals surface area contributed by atoms with Gasteiger partial charge in [-0.3, -0.25) is 19.2 Å². The molecule has 0 aliphatic carbocycles. The van der Waals surface area contributed by atoms with E-state index in [9.17, 15) is 24.0 Å². The number of likely N-dealkylation sites (tertiary alicyclic amines) is 1. The Kier molecular flexibility index (Phi) is 5.51. The molecule has 4 amide bonds. The van der Waals surface area contributed by atoms with E-state index in [2.05, 4.69) is 11.9 Å². The number of amides is 4. The molecule has 0 spiro atoms. The second kappa shape index (κ2) is 7.26. The number of esters is 1. The highest BCUT2D eigenvalue weighted by atomic mass is 32.2. The van der Waals surface area contributed by atoms with Gasteiger partial charge in [0.15, 0.2) is 6.04 Å². The van der Waals surface area contributed by atoms with Crippen molar-refractivity contribution in [3.05, 3.63) is 12.2 Å². The molecule has 2 aliphatic heterocycles. The lowest BCUT2D eigenvalue weighted by Gasteiger charge is -2.49. The molecule has 0 aromatic rings. The van der Waals surface area contributed by atoms with Gasteiger partial charge in [0.1, 0.15) is 11.4 Å². The van der Waals surface area contributed by atoms with E-state index in [-0.39, 0.29) is 24.7 Å². The maximum atomic E-state index is 12.5. The average Bonchev–Trinajstić information content (AvgIpc) is 2.86. The van der Waals surface area contributed by atoms with Crippen molar-refractivity contribution in [2.45, 2.75) is 44.1 Å². The van der Waals surface area contributed by atoms with Crippen LogP contribution < -0.4 is 5.32 Å². The summed E-state index contributed by atoms with van der Waals surface area (Å²) < 4.78 is 5.70. The molecular weight excluding hydrogens is 350 g/mol. The van der Waals surface area contributed by atoms with Crippen molar-refractivity contribution < 1.29 is 28.7 Å². The van der Waals surface area contributed by atoms with E-state index in [0.717, 1.165) is 16.3 Å². The fraction of sp³-hybridized carbons (Fsp3) is 0.533. The second-order valence-electron chi connectivity index (χ2n) is 5.77. The van der Waals surface area contributed by atoms with Crippen LogP contribution in [0.3, 0.4) is 0 Å². The molecule has 10 heteroatoms. The number of ether oxygens (including phenoxy) is 1. The monoisotopic (exact) mass is 369 g/mol. The first-order valence-corrected chi connectivity index (χ1v) is 8.37. The summed E-state index contributed by atoms with van der Waals surface area (Å²) in [5.74, 6) is -2.38. The Morgan fingerprint density at radius 1 is 1.24 bits per heavy atom. The minimum absolute atomic E-state index is 0.0955. The van der Waals surface area contributed by atoms with E-state index in [1.54, 1.807) is 6.92 Å². The van der Waals surface area contributed by atoms with Crippen LogP contribution in [-0.4, -0.2) is 63.4 Å². The Morgan fingerprint density at radius 2 is 1.80 bits per heavy atom. The van der Waals surface area contributed by atoms with Crippen LogP contribution in [0, 0.1) is 0 Å². The fourth-order valence-electron chi connectivity index (χ4n) is 2.67. The highest BCUT2D eigenvalue weighted by molar-refractivity contribution is 7.98. The van der Waals surface area contributed by atoms with E-state index < -0.39 is 35.2 Å². The van der Waals surface area contributed by atoms with E-state index in [4.69, 9.17) is 4.74 Å². The van der Waals surface area contributed by atoms with Crippen LogP contribution >= 0.6 is 11.9 Å². The van der Waals surface area contributed by atoms with Crippen LogP contribution in [0.25, 0.3) is 0 Å². The number of rotatable bonds is 6. The van der Waals surface area contributed by atoms with Crippen molar-refractivity contribution in [1.29, 1.82) is 0 Å². The SMILES string of the molecule is C=C(C)C(C(=O)OC)N1C(=O)C(NC(C)=O)C1SN1C(=O)CCC1=O. The number of hydrogen-bond acceptors (Lipinski definition) is 7. The molecule has 0 aromatic heterocycles. The lowest BCUT2D eigenvalue weighted by Crippen LogP contribution is -2.73. The van der Waals surface area contributed by atoms with Crippen LogP contribution in [0.15, 0.2) is 12.2 Å². The first kappa shape index (κ1) is 19.0. The summed E-state index contributed by atoms with van der Waals surface area (Å²) >= 11 is 0.822. The first-order chi connectivity index (χ1) is 11.7. The maximum absolute atomic E-state index is 12.5. The smallest absolute Gasteiger partial charge is 0.332 e.